The van der Waals surface area contributed by atoms with Gasteiger partial charge in [-0.25, -0.2) is 10.9 Å². The minimum Gasteiger partial charge on any atom is -0.273 e. The van der Waals surface area contributed by atoms with E-state index in [1.54, 1.807) is 24.8 Å². The van der Waals surface area contributed by atoms with Gasteiger partial charge < -0.3 is 0 Å². The summed E-state index contributed by atoms with van der Waals surface area (Å²) < 4.78 is 0. The van der Waals surface area contributed by atoms with Gasteiger partial charge in [0.1, 0.15) is 0 Å². The number of hydrazone groups is 2. The van der Waals surface area contributed by atoms with Crippen molar-refractivity contribution in [3.63, 3.8) is 0 Å². The van der Waals surface area contributed by atoms with Crippen molar-refractivity contribution in [1.82, 2.24) is 20.8 Å². The van der Waals surface area contributed by atoms with Gasteiger partial charge in [-0.3, -0.25) is 19.6 Å². The first-order valence-corrected chi connectivity index (χ1v) is 12.9. The molecule has 2 heterocycles. The number of unbranched alkanes of at least 4 members (excludes halogenated alkanes) is 2. The lowest BCUT2D eigenvalue weighted by atomic mass is 10.0. The van der Waals surface area contributed by atoms with Crippen LogP contribution >= 0.6 is 0 Å². The third-order valence-electron chi connectivity index (χ3n) is 5.86. The standard InChI is InChI=1S/C31H30N6O2/c38-28(34-36-30(24-12-4-1-5-13-24)26-16-10-20-32-22-26)18-8-3-9-19-29(39)35-37-31(25-14-6-2-7-15-25)27-17-11-21-33-23-27/h1-2,4-7,10-17,20-23H,3,8-9,18-19H2,(H,34,38)(H,35,39). The highest BCUT2D eigenvalue weighted by atomic mass is 16.2. The minimum absolute atomic E-state index is 0.176. The van der Waals surface area contributed by atoms with Crippen molar-refractivity contribution in [3.8, 4) is 0 Å². The average Bonchev–Trinajstić information content (AvgIpc) is 2.99. The van der Waals surface area contributed by atoms with Gasteiger partial charge in [0.25, 0.3) is 0 Å². The van der Waals surface area contributed by atoms with Gasteiger partial charge in [0.15, 0.2) is 0 Å². The molecule has 0 saturated heterocycles. The lowest BCUT2D eigenvalue weighted by Crippen LogP contribution is -2.21. The first-order chi connectivity index (χ1) is 19.2. The van der Waals surface area contributed by atoms with Gasteiger partial charge in [0.05, 0.1) is 11.4 Å². The van der Waals surface area contributed by atoms with E-state index in [1.165, 1.54) is 0 Å². The molecule has 0 spiro atoms. The zero-order chi connectivity index (χ0) is 27.1. The molecule has 4 aromatic rings. The third kappa shape index (κ3) is 8.53. The fourth-order valence-corrected chi connectivity index (χ4v) is 3.89. The summed E-state index contributed by atoms with van der Waals surface area (Å²) in [6.45, 7) is 0. The zero-order valence-electron chi connectivity index (χ0n) is 21.5. The molecular formula is C31H30N6O2. The summed E-state index contributed by atoms with van der Waals surface area (Å²) in [4.78, 5) is 33.2. The number of hydrogen-bond donors (Lipinski definition) is 2. The predicted molar refractivity (Wildman–Crippen MR) is 152 cm³/mol. The van der Waals surface area contributed by atoms with Crippen LogP contribution in [0.1, 0.15) is 54.4 Å². The topological polar surface area (TPSA) is 109 Å². The molecule has 0 bridgehead atoms. The van der Waals surface area contributed by atoms with E-state index in [2.05, 4.69) is 31.0 Å². The summed E-state index contributed by atoms with van der Waals surface area (Å²) >= 11 is 0. The number of amides is 2. The summed E-state index contributed by atoms with van der Waals surface area (Å²) in [6, 6.07) is 26.8. The second-order valence-electron chi connectivity index (χ2n) is 8.77. The van der Waals surface area contributed by atoms with Crippen LogP contribution in [0, 0.1) is 0 Å². The summed E-state index contributed by atoms with van der Waals surface area (Å²) in [5.41, 5.74) is 10.0. The smallest absolute Gasteiger partial charge is 0.240 e. The molecule has 0 unspecified atom stereocenters. The number of nitrogens with zero attached hydrogens (tertiary/aromatic N) is 4. The van der Waals surface area contributed by atoms with Crippen LogP contribution in [-0.4, -0.2) is 33.2 Å². The maximum atomic E-state index is 12.4. The van der Waals surface area contributed by atoms with Crippen LogP contribution in [0.5, 0.6) is 0 Å². The Kier molecular flexibility index (Phi) is 10.2. The van der Waals surface area contributed by atoms with Crippen molar-refractivity contribution in [3.05, 3.63) is 132 Å². The first kappa shape index (κ1) is 27.1. The van der Waals surface area contributed by atoms with Gasteiger partial charge in [-0.2, -0.15) is 10.2 Å². The van der Waals surface area contributed by atoms with E-state index in [1.807, 2.05) is 84.9 Å². The molecule has 0 fully saturated rings. The highest BCUT2D eigenvalue weighted by Gasteiger charge is 2.10. The van der Waals surface area contributed by atoms with E-state index < -0.39 is 0 Å². The zero-order valence-corrected chi connectivity index (χ0v) is 21.5. The fraction of sp³-hybridized carbons (Fsp3) is 0.161. The molecule has 0 atom stereocenters. The van der Waals surface area contributed by atoms with Crippen LogP contribution in [0.25, 0.3) is 0 Å². The van der Waals surface area contributed by atoms with Gasteiger partial charge in [0, 0.05) is 59.9 Å². The molecule has 4 rings (SSSR count). The predicted octanol–water partition coefficient (Wildman–Crippen LogP) is 4.86. The van der Waals surface area contributed by atoms with Crippen LogP contribution < -0.4 is 10.9 Å². The molecule has 39 heavy (non-hydrogen) atoms. The molecule has 2 N–H and O–H groups in total. The number of nitrogens with one attached hydrogen (secondary N) is 2. The Bertz CT molecular complexity index is 1200. The summed E-state index contributed by atoms with van der Waals surface area (Å²) in [6.07, 6.45) is 9.48. The van der Waals surface area contributed by atoms with Gasteiger partial charge in [0.2, 0.25) is 11.8 Å². The number of aromatic nitrogens is 2. The number of rotatable bonds is 12. The normalized spacial score (nSPS) is 11.6. The van der Waals surface area contributed by atoms with Crippen molar-refractivity contribution in [1.29, 1.82) is 0 Å². The largest absolute Gasteiger partial charge is 0.273 e. The molecule has 8 nitrogen and oxygen atoms in total. The molecule has 2 amide bonds. The number of hydrogen-bond acceptors (Lipinski definition) is 6. The number of carbonyl (C=O) groups is 2. The van der Waals surface area contributed by atoms with Gasteiger partial charge >= 0.3 is 0 Å². The minimum atomic E-state index is -0.176. The second-order valence-corrected chi connectivity index (χ2v) is 8.77. The Hall–Kier alpha value is -4.98. The quantitative estimate of drug-likeness (QED) is 0.159. The van der Waals surface area contributed by atoms with Gasteiger partial charge in [-0.15, -0.1) is 0 Å². The van der Waals surface area contributed by atoms with Crippen LogP contribution in [0.15, 0.2) is 120 Å². The van der Waals surface area contributed by atoms with Crippen molar-refractivity contribution >= 4 is 23.2 Å². The van der Waals surface area contributed by atoms with E-state index >= 15 is 0 Å². The highest BCUT2D eigenvalue weighted by Crippen LogP contribution is 2.11. The van der Waals surface area contributed by atoms with Crippen molar-refractivity contribution in [2.24, 2.45) is 10.2 Å². The summed E-state index contributed by atoms with van der Waals surface area (Å²) in [7, 11) is 0. The number of benzene rings is 2. The Morgan fingerprint density at radius 3 is 1.33 bits per heavy atom. The third-order valence-corrected chi connectivity index (χ3v) is 5.86. The average molecular weight is 519 g/mol. The van der Waals surface area contributed by atoms with Crippen LogP contribution in [0.3, 0.4) is 0 Å². The van der Waals surface area contributed by atoms with E-state index in [0.717, 1.165) is 28.7 Å². The Morgan fingerprint density at radius 2 is 0.949 bits per heavy atom. The monoisotopic (exact) mass is 518 g/mol. The second kappa shape index (κ2) is 14.7. The highest BCUT2D eigenvalue weighted by molar-refractivity contribution is 6.13. The van der Waals surface area contributed by atoms with E-state index in [0.29, 0.717) is 37.1 Å². The van der Waals surface area contributed by atoms with Crippen LogP contribution in [0.2, 0.25) is 0 Å². The Morgan fingerprint density at radius 1 is 0.538 bits per heavy atom. The molecule has 0 aliphatic heterocycles. The molecule has 196 valence electrons. The number of pyridine rings is 2. The maximum Gasteiger partial charge on any atom is 0.240 e. The molecule has 0 aliphatic carbocycles. The SMILES string of the molecule is O=C(CCCCCC(=O)NN=C(c1ccccc1)c1cccnc1)NN=C(c1ccccc1)c1cccnc1. The Balaban J connectivity index is 1.23. The maximum absolute atomic E-state index is 12.4. The lowest BCUT2D eigenvalue weighted by molar-refractivity contribution is -0.121. The first-order valence-electron chi connectivity index (χ1n) is 12.9. The van der Waals surface area contributed by atoms with Gasteiger partial charge in [-0.05, 0) is 37.1 Å². The fourth-order valence-electron chi connectivity index (χ4n) is 3.89. The molecule has 0 aliphatic rings. The van der Waals surface area contributed by atoms with Crippen LogP contribution in [-0.2, 0) is 9.59 Å². The van der Waals surface area contributed by atoms with Gasteiger partial charge in [-0.1, -0.05) is 67.1 Å². The molecule has 2 aromatic heterocycles. The summed E-state index contributed by atoms with van der Waals surface area (Å²) in [5.74, 6) is -0.351. The lowest BCUT2D eigenvalue weighted by Gasteiger charge is -2.08. The van der Waals surface area contributed by atoms with Crippen molar-refractivity contribution in [2.75, 3.05) is 0 Å². The van der Waals surface area contributed by atoms with E-state index in [4.69, 9.17) is 0 Å². The van der Waals surface area contributed by atoms with Crippen molar-refractivity contribution < 1.29 is 9.59 Å². The molecule has 8 heteroatoms. The van der Waals surface area contributed by atoms with E-state index in [-0.39, 0.29) is 11.8 Å². The Labute approximate surface area is 227 Å². The molecule has 2 aromatic carbocycles. The van der Waals surface area contributed by atoms with E-state index in [9.17, 15) is 9.59 Å². The number of carbonyl (C=O) groups excluding carboxylic acids is 2. The van der Waals surface area contributed by atoms with Crippen LogP contribution in [0.4, 0.5) is 0 Å². The molecule has 0 saturated carbocycles. The molecule has 0 radical (unpaired) electrons. The molecular weight excluding hydrogens is 488 g/mol. The van der Waals surface area contributed by atoms with Crippen molar-refractivity contribution in [2.45, 2.75) is 32.1 Å². The summed E-state index contributed by atoms with van der Waals surface area (Å²) in [5, 5.41) is 8.75.